The molecule has 0 unspecified atom stereocenters. The lowest BCUT2D eigenvalue weighted by Crippen LogP contribution is -2.25. The third-order valence-electron chi connectivity index (χ3n) is 5.05. The Hall–Kier alpha value is -2.21. The summed E-state index contributed by atoms with van der Waals surface area (Å²) in [5, 5.41) is 7.69. The minimum atomic E-state index is -0.146. The first-order valence-corrected chi connectivity index (χ1v) is 9.48. The van der Waals surface area contributed by atoms with E-state index < -0.39 is 0 Å². The van der Waals surface area contributed by atoms with Gasteiger partial charge in [-0.3, -0.25) is 14.4 Å². The van der Waals surface area contributed by atoms with Crippen LogP contribution in [0.2, 0.25) is 0 Å². The average Bonchev–Trinajstić information content (AvgIpc) is 3.38. The van der Waals surface area contributed by atoms with Crippen molar-refractivity contribution in [3.63, 3.8) is 0 Å². The van der Waals surface area contributed by atoms with Gasteiger partial charge in [-0.1, -0.05) is 18.2 Å². The number of benzene rings is 1. The molecule has 1 N–H and O–H groups in total. The monoisotopic (exact) mass is 356 g/mol. The first kappa shape index (κ1) is 17.2. The van der Waals surface area contributed by atoms with E-state index in [0.717, 1.165) is 55.8 Å². The minimum Gasteiger partial charge on any atom is -0.353 e. The standard InChI is InChI=1S/C20H25FN4O/c21-19-5-2-1-4-15(19)13-24-10-3-11-25-18(14-24)12-17(23-25)8-9-20(26)22-16-6-7-16/h1-2,4-5,12,16H,3,6-11,13-14H2,(H,22,26). The summed E-state index contributed by atoms with van der Waals surface area (Å²) in [4.78, 5) is 14.1. The quantitative estimate of drug-likeness (QED) is 0.866. The predicted octanol–water partition coefficient (Wildman–Crippen LogP) is 2.64. The summed E-state index contributed by atoms with van der Waals surface area (Å²) in [7, 11) is 0. The van der Waals surface area contributed by atoms with Crippen LogP contribution in [0, 0.1) is 5.82 Å². The van der Waals surface area contributed by atoms with Crippen LogP contribution in [0.25, 0.3) is 0 Å². The van der Waals surface area contributed by atoms with Gasteiger partial charge in [-0.2, -0.15) is 5.10 Å². The Morgan fingerprint density at radius 2 is 2.12 bits per heavy atom. The molecule has 0 saturated heterocycles. The summed E-state index contributed by atoms with van der Waals surface area (Å²) in [5.41, 5.74) is 2.85. The molecule has 4 rings (SSSR count). The van der Waals surface area contributed by atoms with E-state index in [1.807, 2.05) is 12.1 Å². The zero-order valence-electron chi connectivity index (χ0n) is 15.0. The molecule has 1 aromatic carbocycles. The van der Waals surface area contributed by atoms with Crippen molar-refractivity contribution in [3.05, 3.63) is 53.1 Å². The Bertz CT molecular complexity index is 784. The van der Waals surface area contributed by atoms with E-state index in [9.17, 15) is 9.18 Å². The molecule has 26 heavy (non-hydrogen) atoms. The second kappa shape index (κ2) is 7.58. The smallest absolute Gasteiger partial charge is 0.220 e. The molecule has 2 aromatic rings. The Morgan fingerprint density at radius 1 is 1.27 bits per heavy atom. The van der Waals surface area contributed by atoms with Gasteiger partial charge in [0.05, 0.1) is 11.4 Å². The van der Waals surface area contributed by atoms with Crippen LogP contribution in [0.3, 0.4) is 0 Å². The van der Waals surface area contributed by atoms with Crippen molar-refractivity contribution < 1.29 is 9.18 Å². The molecule has 1 aromatic heterocycles. The first-order chi connectivity index (χ1) is 12.7. The van der Waals surface area contributed by atoms with E-state index in [1.54, 1.807) is 6.07 Å². The molecule has 0 spiro atoms. The molecule has 0 radical (unpaired) electrons. The second-order valence-electron chi connectivity index (χ2n) is 7.35. The van der Waals surface area contributed by atoms with E-state index in [-0.39, 0.29) is 11.7 Å². The maximum Gasteiger partial charge on any atom is 0.220 e. The van der Waals surface area contributed by atoms with Crippen LogP contribution in [0.15, 0.2) is 30.3 Å². The number of halogens is 1. The molecule has 2 heterocycles. The molecule has 0 atom stereocenters. The lowest BCUT2D eigenvalue weighted by Gasteiger charge is -2.19. The van der Waals surface area contributed by atoms with Gasteiger partial charge in [0.1, 0.15) is 5.82 Å². The highest BCUT2D eigenvalue weighted by molar-refractivity contribution is 5.76. The van der Waals surface area contributed by atoms with E-state index in [0.29, 0.717) is 25.4 Å². The van der Waals surface area contributed by atoms with Gasteiger partial charge in [-0.05, 0) is 31.4 Å². The van der Waals surface area contributed by atoms with Crippen molar-refractivity contribution in [2.75, 3.05) is 6.54 Å². The van der Waals surface area contributed by atoms with Crippen molar-refractivity contribution in [2.45, 2.75) is 57.8 Å². The zero-order chi connectivity index (χ0) is 17.9. The number of carbonyl (C=O) groups is 1. The largest absolute Gasteiger partial charge is 0.353 e. The summed E-state index contributed by atoms with van der Waals surface area (Å²) < 4.78 is 16.0. The van der Waals surface area contributed by atoms with Crippen LogP contribution >= 0.6 is 0 Å². The highest BCUT2D eigenvalue weighted by atomic mass is 19.1. The fraction of sp³-hybridized carbons (Fsp3) is 0.500. The lowest BCUT2D eigenvalue weighted by molar-refractivity contribution is -0.121. The number of amides is 1. The molecule has 0 bridgehead atoms. The summed E-state index contributed by atoms with van der Waals surface area (Å²) in [6.45, 7) is 3.17. The molecule has 1 amide bonds. The number of aromatic nitrogens is 2. The SMILES string of the molecule is O=C(CCc1cc2n(n1)CCCN(Cc1ccccc1F)C2)NC1CC1. The van der Waals surface area contributed by atoms with Crippen molar-refractivity contribution in [2.24, 2.45) is 0 Å². The Labute approximate surface area is 153 Å². The minimum absolute atomic E-state index is 0.122. The molecular formula is C20H25FN4O. The van der Waals surface area contributed by atoms with E-state index >= 15 is 0 Å². The maximum atomic E-state index is 13.9. The Balaban J connectivity index is 1.37. The lowest BCUT2D eigenvalue weighted by atomic mass is 10.2. The Morgan fingerprint density at radius 3 is 2.92 bits per heavy atom. The maximum absolute atomic E-state index is 13.9. The van der Waals surface area contributed by atoms with Crippen molar-refractivity contribution in [1.29, 1.82) is 0 Å². The molecule has 1 aliphatic heterocycles. The molecule has 1 saturated carbocycles. The number of carbonyl (C=O) groups excluding carboxylic acids is 1. The second-order valence-corrected chi connectivity index (χ2v) is 7.35. The summed E-state index contributed by atoms with van der Waals surface area (Å²) in [5.74, 6) is -0.0236. The number of hydrogen-bond acceptors (Lipinski definition) is 3. The fourth-order valence-electron chi connectivity index (χ4n) is 3.48. The van der Waals surface area contributed by atoms with Crippen LogP contribution in [-0.4, -0.2) is 33.2 Å². The van der Waals surface area contributed by atoms with Gasteiger partial charge in [0, 0.05) is 50.6 Å². The Kier molecular flexibility index (Phi) is 5.02. The van der Waals surface area contributed by atoms with Gasteiger partial charge in [0.25, 0.3) is 0 Å². The van der Waals surface area contributed by atoms with E-state index in [2.05, 4.69) is 26.1 Å². The number of rotatable bonds is 6. The number of hydrogen-bond donors (Lipinski definition) is 1. The van der Waals surface area contributed by atoms with Crippen molar-refractivity contribution in [1.82, 2.24) is 20.0 Å². The number of aryl methyl sites for hydroxylation is 2. The zero-order valence-corrected chi connectivity index (χ0v) is 15.0. The number of nitrogens with zero attached hydrogens (tertiary/aromatic N) is 3. The summed E-state index contributed by atoms with van der Waals surface area (Å²) in [6, 6.07) is 9.48. The fourth-order valence-corrected chi connectivity index (χ4v) is 3.48. The third-order valence-corrected chi connectivity index (χ3v) is 5.05. The topological polar surface area (TPSA) is 50.2 Å². The molecule has 138 valence electrons. The van der Waals surface area contributed by atoms with Crippen LogP contribution in [-0.2, 0) is 30.8 Å². The molecule has 1 fully saturated rings. The van der Waals surface area contributed by atoms with Gasteiger partial charge >= 0.3 is 0 Å². The van der Waals surface area contributed by atoms with Crippen molar-refractivity contribution >= 4 is 5.91 Å². The number of nitrogens with one attached hydrogen (secondary N) is 1. The normalized spacial score (nSPS) is 17.6. The van der Waals surface area contributed by atoms with Gasteiger partial charge in [-0.25, -0.2) is 4.39 Å². The third kappa shape index (κ3) is 4.30. The van der Waals surface area contributed by atoms with Crippen LogP contribution in [0.5, 0.6) is 0 Å². The average molecular weight is 356 g/mol. The van der Waals surface area contributed by atoms with Gasteiger partial charge in [0.15, 0.2) is 0 Å². The van der Waals surface area contributed by atoms with E-state index in [1.165, 1.54) is 6.07 Å². The van der Waals surface area contributed by atoms with Crippen molar-refractivity contribution in [3.8, 4) is 0 Å². The first-order valence-electron chi connectivity index (χ1n) is 9.48. The highest BCUT2D eigenvalue weighted by Gasteiger charge is 2.23. The highest BCUT2D eigenvalue weighted by Crippen LogP contribution is 2.20. The summed E-state index contributed by atoms with van der Waals surface area (Å²) >= 11 is 0. The molecule has 1 aliphatic carbocycles. The molecule has 2 aliphatic rings. The van der Waals surface area contributed by atoms with Gasteiger partial charge in [0.2, 0.25) is 5.91 Å². The molecular weight excluding hydrogens is 331 g/mol. The van der Waals surface area contributed by atoms with Crippen LogP contribution in [0.1, 0.15) is 42.6 Å². The molecule has 6 heteroatoms. The number of fused-ring (bicyclic) bond motifs is 1. The van der Waals surface area contributed by atoms with Gasteiger partial charge in [-0.15, -0.1) is 0 Å². The van der Waals surface area contributed by atoms with Gasteiger partial charge < -0.3 is 5.32 Å². The van der Waals surface area contributed by atoms with Crippen LogP contribution < -0.4 is 5.32 Å². The van der Waals surface area contributed by atoms with Crippen LogP contribution in [0.4, 0.5) is 4.39 Å². The summed E-state index contributed by atoms with van der Waals surface area (Å²) in [6.07, 6.45) is 4.38. The van der Waals surface area contributed by atoms with E-state index in [4.69, 9.17) is 0 Å². The molecule has 5 nitrogen and oxygen atoms in total. The predicted molar refractivity (Wildman–Crippen MR) is 96.8 cm³/mol.